The van der Waals surface area contributed by atoms with Gasteiger partial charge in [-0.25, -0.2) is 4.79 Å². The van der Waals surface area contributed by atoms with Gasteiger partial charge in [0.2, 0.25) is 0 Å². The van der Waals surface area contributed by atoms with Gasteiger partial charge in [0, 0.05) is 12.1 Å². The molecule has 0 radical (unpaired) electrons. The normalized spacial score (nSPS) is 16.8. The Labute approximate surface area is 112 Å². The molecule has 5 heteroatoms. The Morgan fingerprint density at radius 1 is 1.63 bits per heavy atom. The number of carbonyl (C=O) groups is 1. The first kappa shape index (κ1) is 13.3. The van der Waals surface area contributed by atoms with E-state index in [2.05, 4.69) is 17.2 Å². The summed E-state index contributed by atoms with van der Waals surface area (Å²) in [5.41, 5.74) is 1.04. The van der Waals surface area contributed by atoms with Crippen LogP contribution in [0.1, 0.15) is 5.56 Å². The third-order valence-corrected chi connectivity index (χ3v) is 2.92. The van der Waals surface area contributed by atoms with Gasteiger partial charge in [-0.3, -0.25) is 0 Å². The zero-order valence-electron chi connectivity index (χ0n) is 10.9. The summed E-state index contributed by atoms with van der Waals surface area (Å²) < 4.78 is 10.9. The molecule has 1 aromatic rings. The molecule has 0 spiro atoms. The van der Waals surface area contributed by atoms with Crippen molar-refractivity contribution in [2.45, 2.75) is 12.5 Å². The summed E-state index contributed by atoms with van der Waals surface area (Å²) in [4.78, 5) is 11.6. The summed E-state index contributed by atoms with van der Waals surface area (Å²) in [6.45, 7) is 4.43. The van der Waals surface area contributed by atoms with Gasteiger partial charge < -0.3 is 20.1 Å². The van der Waals surface area contributed by atoms with Crippen LogP contribution in [0.25, 0.3) is 0 Å². The average Bonchev–Trinajstić information content (AvgIpc) is 2.44. The maximum absolute atomic E-state index is 11.6. The van der Waals surface area contributed by atoms with Crippen LogP contribution in [0.2, 0.25) is 0 Å². The van der Waals surface area contributed by atoms with E-state index in [0.717, 1.165) is 23.5 Å². The van der Waals surface area contributed by atoms with Gasteiger partial charge in [0.05, 0.1) is 13.2 Å². The number of urea groups is 1. The Kier molecular flexibility index (Phi) is 4.28. The number of benzene rings is 1. The largest absolute Gasteiger partial charge is 0.493 e. The first-order chi connectivity index (χ1) is 9.24. The molecule has 1 atom stereocenters. The molecule has 102 valence electrons. The van der Waals surface area contributed by atoms with E-state index in [1.54, 1.807) is 13.2 Å². The first-order valence-electron chi connectivity index (χ1n) is 6.18. The number of carbonyl (C=O) groups excluding carboxylic acids is 1. The Morgan fingerprint density at radius 2 is 2.47 bits per heavy atom. The molecule has 2 N–H and O–H groups in total. The number of nitrogens with one attached hydrogen (secondary N) is 2. The third kappa shape index (κ3) is 3.19. The molecule has 1 aromatic carbocycles. The van der Waals surface area contributed by atoms with Crippen LogP contribution in [0.5, 0.6) is 11.5 Å². The van der Waals surface area contributed by atoms with Crippen LogP contribution in [-0.2, 0) is 6.42 Å². The van der Waals surface area contributed by atoms with E-state index in [1.807, 2.05) is 18.2 Å². The summed E-state index contributed by atoms with van der Waals surface area (Å²) in [6, 6.07) is 5.52. The van der Waals surface area contributed by atoms with Crippen LogP contribution in [0.4, 0.5) is 4.79 Å². The molecule has 5 nitrogen and oxygen atoms in total. The number of hydrogen-bond donors (Lipinski definition) is 2. The third-order valence-electron chi connectivity index (χ3n) is 2.92. The molecule has 19 heavy (non-hydrogen) atoms. The number of ether oxygens (including phenoxy) is 2. The number of para-hydroxylation sites is 1. The number of methoxy groups -OCH3 is 1. The lowest BCUT2D eigenvalue weighted by Gasteiger charge is -2.27. The van der Waals surface area contributed by atoms with Gasteiger partial charge in [0.15, 0.2) is 11.5 Å². The molecule has 0 aromatic heterocycles. The molecule has 1 unspecified atom stereocenters. The smallest absolute Gasteiger partial charge is 0.315 e. The van der Waals surface area contributed by atoms with Crippen LogP contribution in [0.3, 0.4) is 0 Å². The fourth-order valence-electron chi connectivity index (χ4n) is 2.05. The van der Waals surface area contributed by atoms with Crippen molar-refractivity contribution in [2.24, 2.45) is 0 Å². The molecule has 1 aliphatic rings. The molecule has 2 amide bonds. The fraction of sp³-hybridized carbons (Fsp3) is 0.357. The van der Waals surface area contributed by atoms with Crippen molar-refractivity contribution in [2.75, 3.05) is 20.3 Å². The van der Waals surface area contributed by atoms with Crippen LogP contribution in [0.15, 0.2) is 30.9 Å². The standard InChI is InChI=1S/C14H18N2O3/c1-3-7-15-14(17)16-11-8-10-5-4-6-12(18-2)13(10)19-9-11/h3-6,11H,1,7-9H2,2H3,(H2,15,16,17). The maximum atomic E-state index is 11.6. The minimum Gasteiger partial charge on any atom is -0.493 e. The summed E-state index contributed by atoms with van der Waals surface area (Å²) in [5.74, 6) is 1.50. The molecule has 1 heterocycles. The SMILES string of the molecule is C=CCNC(=O)NC1COc2c(cccc2OC)C1. The van der Waals surface area contributed by atoms with Crippen LogP contribution >= 0.6 is 0 Å². The second-order valence-corrected chi connectivity index (χ2v) is 4.30. The van der Waals surface area contributed by atoms with Crippen LogP contribution in [-0.4, -0.2) is 32.3 Å². The lowest BCUT2D eigenvalue weighted by Crippen LogP contribution is -2.47. The Balaban J connectivity index is 1.98. The van der Waals surface area contributed by atoms with Gasteiger partial charge in [-0.15, -0.1) is 6.58 Å². The summed E-state index contributed by atoms with van der Waals surface area (Å²) in [7, 11) is 1.62. The molecular weight excluding hydrogens is 244 g/mol. The highest BCUT2D eigenvalue weighted by Gasteiger charge is 2.23. The average molecular weight is 262 g/mol. The van der Waals surface area contributed by atoms with E-state index in [-0.39, 0.29) is 12.1 Å². The van der Waals surface area contributed by atoms with E-state index in [0.29, 0.717) is 13.2 Å². The second-order valence-electron chi connectivity index (χ2n) is 4.30. The number of fused-ring (bicyclic) bond motifs is 1. The van der Waals surface area contributed by atoms with Gasteiger partial charge in [0.25, 0.3) is 0 Å². The van der Waals surface area contributed by atoms with E-state index < -0.39 is 0 Å². The zero-order valence-corrected chi connectivity index (χ0v) is 10.9. The monoisotopic (exact) mass is 262 g/mol. The number of hydrogen-bond acceptors (Lipinski definition) is 3. The molecule has 0 saturated carbocycles. The summed E-state index contributed by atoms with van der Waals surface area (Å²) >= 11 is 0. The molecule has 2 rings (SSSR count). The highest BCUT2D eigenvalue weighted by atomic mass is 16.5. The van der Waals surface area contributed by atoms with Crippen LogP contribution < -0.4 is 20.1 Å². The van der Waals surface area contributed by atoms with E-state index in [1.165, 1.54) is 0 Å². The predicted octanol–water partition coefficient (Wildman–Crippen LogP) is 1.48. The van der Waals surface area contributed by atoms with Gasteiger partial charge in [-0.1, -0.05) is 18.2 Å². The molecule has 0 bridgehead atoms. The quantitative estimate of drug-likeness (QED) is 0.808. The van der Waals surface area contributed by atoms with Gasteiger partial charge in [0.1, 0.15) is 6.61 Å². The maximum Gasteiger partial charge on any atom is 0.315 e. The molecular formula is C14H18N2O3. The highest BCUT2D eigenvalue weighted by Crippen LogP contribution is 2.34. The van der Waals surface area contributed by atoms with Gasteiger partial charge in [-0.2, -0.15) is 0 Å². The van der Waals surface area contributed by atoms with Crippen LogP contribution in [0, 0.1) is 0 Å². The van der Waals surface area contributed by atoms with Gasteiger partial charge >= 0.3 is 6.03 Å². The lowest BCUT2D eigenvalue weighted by atomic mass is 10.0. The van der Waals surface area contributed by atoms with Crippen molar-refractivity contribution >= 4 is 6.03 Å². The Hall–Kier alpha value is -2.17. The molecule has 1 aliphatic heterocycles. The predicted molar refractivity (Wildman–Crippen MR) is 72.7 cm³/mol. The topological polar surface area (TPSA) is 59.6 Å². The first-order valence-corrected chi connectivity index (χ1v) is 6.18. The fourth-order valence-corrected chi connectivity index (χ4v) is 2.05. The minimum absolute atomic E-state index is 0.0376. The summed E-state index contributed by atoms with van der Waals surface area (Å²) in [5, 5.41) is 5.55. The van der Waals surface area contributed by atoms with Crippen molar-refractivity contribution in [1.82, 2.24) is 10.6 Å². The Morgan fingerprint density at radius 3 is 3.21 bits per heavy atom. The number of rotatable bonds is 4. The van der Waals surface area contributed by atoms with E-state index in [4.69, 9.17) is 9.47 Å². The summed E-state index contributed by atoms with van der Waals surface area (Å²) in [6.07, 6.45) is 2.37. The number of amides is 2. The molecule has 0 fully saturated rings. The van der Waals surface area contributed by atoms with Gasteiger partial charge in [-0.05, 0) is 12.5 Å². The lowest BCUT2D eigenvalue weighted by molar-refractivity contribution is 0.211. The van der Waals surface area contributed by atoms with Crippen molar-refractivity contribution in [1.29, 1.82) is 0 Å². The molecule has 0 saturated heterocycles. The second kappa shape index (κ2) is 6.13. The van der Waals surface area contributed by atoms with Crippen molar-refractivity contribution in [3.05, 3.63) is 36.4 Å². The van der Waals surface area contributed by atoms with E-state index >= 15 is 0 Å². The van der Waals surface area contributed by atoms with E-state index in [9.17, 15) is 4.79 Å². The molecule has 0 aliphatic carbocycles. The van der Waals surface area contributed by atoms with Crippen molar-refractivity contribution in [3.8, 4) is 11.5 Å². The zero-order chi connectivity index (χ0) is 13.7. The minimum atomic E-state index is -0.208. The highest BCUT2D eigenvalue weighted by molar-refractivity contribution is 5.74. The van der Waals surface area contributed by atoms with Crippen molar-refractivity contribution < 1.29 is 14.3 Å². The Bertz CT molecular complexity index is 474. The van der Waals surface area contributed by atoms with Crippen molar-refractivity contribution in [3.63, 3.8) is 0 Å².